The highest BCUT2D eigenvalue weighted by atomic mass is 35.5. The van der Waals surface area contributed by atoms with Gasteiger partial charge in [0.2, 0.25) is 0 Å². The zero-order valence-electron chi connectivity index (χ0n) is 10.5. The van der Waals surface area contributed by atoms with Crippen molar-refractivity contribution in [3.05, 3.63) is 67.8 Å². The molecule has 0 aliphatic rings. The zero-order valence-corrected chi connectivity index (χ0v) is 12.9. The summed E-state index contributed by atoms with van der Waals surface area (Å²) in [6.07, 6.45) is 0.790. The van der Waals surface area contributed by atoms with Gasteiger partial charge in [-0.05, 0) is 41.4 Å². The van der Waals surface area contributed by atoms with E-state index in [0.717, 1.165) is 22.8 Å². The average molecular weight is 322 g/mol. The minimum atomic E-state index is 0.645. The molecular formula is C14H12ClN3S2. The Labute approximate surface area is 130 Å². The molecule has 0 spiro atoms. The average Bonchev–Trinajstić information content (AvgIpc) is 3.06. The molecule has 0 atom stereocenters. The molecule has 2 aromatic heterocycles. The van der Waals surface area contributed by atoms with Crippen LogP contribution < -0.4 is 0 Å². The van der Waals surface area contributed by atoms with E-state index in [1.54, 1.807) is 11.3 Å². The maximum absolute atomic E-state index is 5.91. The van der Waals surface area contributed by atoms with Crippen LogP contribution in [-0.2, 0) is 13.0 Å². The Bertz CT molecular complexity index is 742. The molecule has 0 saturated heterocycles. The van der Waals surface area contributed by atoms with Gasteiger partial charge in [-0.3, -0.25) is 9.67 Å². The summed E-state index contributed by atoms with van der Waals surface area (Å²) in [5.41, 5.74) is 1.15. The maximum atomic E-state index is 5.91. The Morgan fingerprint density at radius 1 is 1.25 bits per heavy atom. The monoisotopic (exact) mass is 321 g/mol. The van der Waals surface area contributed by atoms with Crippen LogP contribution >= 0.6 is 35.2 Å². The minimum Gasteiger partial charge on any atom is -0.299 e. The summed E-state index contributed by atoms with van der Waals surface area (Å²) in [5, 5.41) is 10.0. The third-order valence-corrected chi connectivity index (χ3v) is 4.44. The highest BCUT2D eigenvalue weighted by molar-refractivity contribution is 7.71. The predicted molar refractivity (Wildman–Crippen MR) is 85.1 cm³/mol. The Morgan fingerprint density at radius 2 is 2.05 bits per heavy atom. The molecule has 0 unspecified atom stereocenters. The number of aromatic nitrogens is 3. The van der Waals surface area contributed by atoms with E-state index in [2.05, 4.69) is 21.6 Å². The number of aromatic amines is 1. The number of nitrogens with zero attached hydrogens (tertiary/aromatic N) is 2. The van der Waals surface area contributed by atoms with Crippen molar-refractivity contribution in [2.45, 2.75) is 13.0 Å². The van der Waals surface area contributed by atoms with Crippen molar-refractivity contribution in [3.8, 4) is 0 Å². The SMILES string of the molecule is S=c1[nH]nc(Cc2cccs2)n1Cc1ccc(Cl)cc1. The predicted octanol–water partition coefficient (Wildman–Crippen LogP) is 4.29. The van der Waals surface area contributed by atoms with Crippen LogP contribution in [0.1, 0.15) is 16.3 Å². The Morgan fingerprint density at radius 3 is 2.75 bits per heavy atom. The van der Waals surface area contributed by atoms with Gasteiger partial charge >= 0.3 is 0 Å². The van der Waals surface area contributed by atoms with Gasteiger partial charge in [-0.2, -0.15) is 5.10 Å². The number of H-pyrrole nitrogens is 1. The fourth-order valence-corrected chi connectivity index (χ4v) is 3.03. The quantitative estimate of drug-likeness (QED) is 0.727. The normalized spacial score (nSPS) is 10.8. The van der Waals surface area contributed by atoms with Crippen molar-refractivity contribution in [2.75, 3.05) is 0 Å². The molecule has 6 heteroatoms. The van der Waals surface area contributed by atoms with E-state index in [9.17, 15) is 0 Å². The number of benzene rings is 1. The van der Waals surface area contributed by atoms with Crippen LogP contribution in [-0.4, -0.2) is 14.8 Å². The van der Waals surface area contributed by atoms with E-state index in [0.29, 0.717) is 11.3 Å². The highest BCUT2D eigenvalue weighted by Gasteiger charge is 2.08. The second kappa shape index (κ2) is 5.91. The molecule has 102 valence electrons. The highest BCUT2D eigenvalue weighted by Crippen LogP contribution is 2.16. The largest absolute Gasteiger partial charge is 0.299 e. The van der Waals surface area contributed by atoms with E-state index in [1.807, 2.05) is 34.9 Å². The molecule has 3 rings (SSSR count). The lowest BCUT2D eigenvalue weighted by Crippen LogP contribution is -2.05. The Hall–Kier alpha value is -1.43. The standard InChI is InChI=1S/C14H12ClN3S2/c15-11-5-3-10(4-6-11)9-18-13(16-17-14(18)19)8-12-2-1-7-20-12/h1-7H,8-9H2,(H,17,19). The van der Waals surface area contributed by atoms with Crippen molar-refractivity contribution in [1.82, 2.24) is 14.8 Å². The van der Waals surface area contributed by atoms with Crippen molar-refractivity contribution in [2.24, 2.45) is 0 Å². The summed E-state index contributed by atoms with van der Waals surface area (Å²) >= 11 is 12.9. The number of thiophene rings is 1. The van der Waals surface area contributed by atoms with Gasteiger partial charge in [0.25, 0.3) is 0 Å². The van der Waals surface area contributed by atoms with Gasteiger partial charge in [0, 0.05) is 16.3 Å². The van der Waals surface area contributed by atoms with Crippen LogP contribution in [0.25, 0.3) is 0 Å². The van der Waals surface area contributed by atoms with E-state index in [-0.39, 0.29) is 0 Å². The molecule has 0 amide bonds. The van der Waals surface area contributed by atoms with Crippen LogP contribution in [0, 0.1) is 4.77 Å². The van der Waals surface area contributed by atoms with E-state index >= 15 is 0 Å². The lowest BCUT2D eigenvalue weighted by atomic mass is 10.2. The molecule has 20 heavy (non-hydrogen) atoms. The zero-order chi connectivity index (χ0) is 13.9. The third kappa shape index (κ3) is 3.00. The Kier molecular flexibility index (Phi) is 4.00. The molecule has 0 radical (unpaired) electrons. The van der Waals surface area contributed by atoms with Gasteiger partial charge in [-0.1, -0.05) is 29.8 Å². The third-order valence-electron chi connectivity index (χ3n) is 3.00. The molecule has 1 N–H and O–H groups in total. The van der Waals surface area contributed by atoms with Crippen LogP contribution in [0.2, 0.25) is 5.02 Å². The second-order valence-corrected chi connectivity index (χ2v) is 6.27. The van der Waals surface area contributed by atoms with Crippen LogP contribution in [0.3, 0.4) is 0 Å². The first-order valence-corrected chi connectivity index (χ1v) is 7.80. The van der Waals surface area contributed by atoms with E-state index in [1.165, 1.54) is 4.88 Å². The minimum absolute atomic E-state index is 0.645. The van der Waals surface area contributed by atoms with Crippen molar-refractivity contribution in [3.63, 3.8) is 0 Å². The van der Waals surface area contributed by atoms with Crippen LogP contribution in [0.15, 0.2) is 41.8 Å². The molecule has 0 saturated carbocycles. The van der Waals surface area contributed by atoms with Gasteiger partial charge < -0.3 is 0 Å². The molecule has 0 bridgehead atoms. The van der Waals surface area contributed by atoms with E-state index < -0.39 is 0 Å². The molecular weight excluding hydrogens is 310 g/mol. The first-order chi connectivity index (χ1) is 9.72. The molecule has 3 aromatic rings. The second-order valence-electron chi connectivity index (χ2n) is 4.41. The maximum Gasteiger partial charge on any atom is 0.195 e. The van der Waals surface area contributed by atoms with Crippen molar-refractivity contribution in [1.29, 1.82) is 0 Å². The lowest BCUT2D eigenvalue weighted by molar-refractivity contribution is 0.734. The number of hydrogen-bond acceptors (Lipinski definition) is 3. The molecule has 3 nitrogen and oxygen atoms in total. The van der Waals surface area contributed by atoms with Gasteiger partial charge in [0.1, 0.15) is 5.82 Å². The fraction of sp³-hybridized carbons (Fsp3) is 0.143. The first kappa shape index (κ1) is 13.5. The fourth-order valence-electron chi connectivity index (χ4n) is 1.99. The van der Waals surface area contributed by atoms with Gasteiger partial charge in [0.05, 0.1) is 6.54 Å². The summed E-state index contributed by atoms with van der Waals surface area (Å²) in [5.74, 6) is 0.951. The van der Waals surface area contributed by atoms with Crippen LogP contribution in [0.5, 0.6) is 0 Å². The number of nitrogens with one attached hydrogen (secondary N) is 1. The van der Waals surface area contributed by atoms with Gasteiger partial charge in [-0.25, -0.2) is 0 Å². The smallest absolute Gasteiger partial charge is 0.195 e. The van der Waals surface area contributed by atoms with Crippen LogP contribution in [0.4, 0.5) is 0 Å². The summed E-state index contributed by atoms with van der Waals surface area (Å²) in [6.45, 7) is 0.702. The molecule has 1 aromatic carbocycles. The molecule has 0 aliphatic carbocycles. The van der Waals surface area contributed by atoms with Crippen molar-refractivity contribution >= 4 is 35.2 Å². The van der Waals surface area contributed by atoms with Gasteiger partial charge in [-0.15, -0.1) is 11.3 Å². The molecule has 0 fully saturated rings. The van der Waals surface area contributed by atoms with Crippen molar-refractivity contribution < 1.29 is 0 Å². The number of halogens is 1. The molecule has 2 heterocycles. The summed E-state index contributed by atoms with van der Waals surface area (Å²) in [7, 11) is 0. The summed E-state index contributed by atoms with van der Waals surface area (Å²) in [6, 6.07) is 11.9. The molecule has 0 aliphatic heterocycles. The number of rotatable bonds is 4. The topological polar surface area (TPSA) is 33.6 Å². The summed E-state index contributed by atoms with van der Waals surface area (Å²) in [4.78, 5) is 1.27. The van der Waals surface area contributed by atoms with E-state index in [4.69, 9.17) is 23.8 Å². The van der Waals surface area contributed by atoms with Gasteiger partial charge in [0.15, 0.2) is 4.77 Å². The summed E-state index contributed by atoms with van der Waals surface area (Å²) < 4.78 is 2.67. The lowest BCUT2D eigenvalue weighted by Gasteiger charge is -2.06. The number of hydrogen-bond donors (Lipinski definition) is 1. The first-order valence-electron chi connectivity index (χ1n) is 6.13. The Balaban J connectivity index is 1.87.